The average molecular weight is 514 g/mol. The summed E-state index contributed by atoms with van der Waals surface area (Å²) in [5.74, 6) is -0.865. The minimum Gasteiger partial charge on any atom is -0.357 e. The number of sulfonamides is 1. The molecule has 7 nitrogen and oxygen atoms in total. The van der Waals surface area contributed by atoms with Crippen molar-refractivity contribution in [2.75, 3.05) is 24.2 Å². The number of carbonyl (C=O) groups is 2. The van der Waals surface area contributed by atoms with E-state index in [4.69, 9.17) is 23.2 Å². The van der Waals surface area contributed by atoms with E-state index in [0.29, 0.717) is 21.3 Å². The molecule has 10 heteroatoms. The lowest BCUT2D eigenvalue weighted by atomic mass is 10.0. The minimum atomic E-state index is -3.79. The fourth-order valence-electron chi connectivity index (χ4n) is 3.42. The molecule has 180 valence electrons. The van der Waals surface area contributed by atoms with E-state index < -0.39 is 28.5 Å². The Bertz CT molecular complexity index is 1120. The van der Waals surface area contributed by atoms with Crippen molar-refractivity contribution < 1.29 is 18.0 Å². The predicted octanol–water partition coefficient (Wildman–Crippen LogP) is 4.05. The van der Waals surface area contributed by atoms with Crippen molar-refractivity contribution in [2.24, 2.45) is 0 Å². The Labute approximate surface area is 205 Å². The van der Waals surface area contributed by atoms with Gasteiger partial charge in [-0.3, -0.25) is 13.9 Å². The van der Waals surface area contributed by atoms with Gasteiger partial charge in [0.05, 0.1) is 22.0 Å². The van der Waals surface area contributed by atoms with Crippen LogP contribution in [0.3, 0.4) is 0 Å². The summed E-state index contributed by atoms with van der Waals surface area (Å²) in [5.41, 5.74) is 1.89. The van der Waals surface area contributed by atoms with Gasteiger partial charge in [-0.05, 0) is 42.2 Å². The molecule has 1 atom stereocenters. The summed E-state index contributed by atoms with van der Waals surface area (Å²) in [6.07, 6.45) is 1.06. The zero-order valence-electron chi connectivity index (χ0n) is 19.3. The second-order valence-electron chi connectivity index (χ2n) is 8.04. The topological polar surface area (TPSA) is 86.8 Å². The average Bonchev–Trinajstić information content (AvgIpc) is 2.76. The standard InChI is InChI=1S/C23H29Cl2N3O4S/c1-15(2)18-8-6-7-9-21(18)28(33(5,31)32)14-22(29)27(16(3)23(30)26-4)13-17-10-11-19(24)20(25)12-17/h6-12,15-16H,13-14H2,1-5H3,(H,26,30)/t16-/m1/s1. The molecular formula is C23H29Cl2N3O4S. The van der Waals surface area contributed by atoms with E-state index in [-0.39, 0.29) is 18.4 Å². The molecule has 0 aliphatic carbocycles. The van der Waals surface area contributed by atoms with Crippen LogP contribution in [0.5, 0.6) is 0 Å². The zero-order chi connectivity index (χ0) is 24.9. The van der Waals surface area contributed by atoms with Crippen LogP contribution in [-0.4, -0.2) is 51.0 Å². The quantitative estimate of drug-likeness (QED) is 0.547. The van der Waals surface area contributed by atoms with Crippen molar-refractivity contribution in [1.29, 1.82) is 0 Å². The van der Waals surface area contributed by atoms with Crippen LogP contribution in [0.1, 0.15) is 37.8 Å². The Morgan fingerprint density at radius 2 is 1.67 bits per heavy atom. The first-order valence-corrected chi connectivity index (χ1v) is 13.0. The number of amides is 2. The number of nitrogens with zero attached hydrogens (tertiary/aromatic N) is 2. The van der Waals surface area contributed by atoms with Crippen LogP contribution in [0.2, 0.25) is 10.0 Å². The summed E-state index contributed by atoms with van der Waals surface area (Å²) in [4.78, 5) is 27.2. The molecule has 2 aromatic rings. The fourth-order valence-corrected chi connectivity index (χ4v) is 4.61. The van der Waals surface area contributed by atoms with Gasteiger partial charge in [-0.25, -0.2) is 8.42 Å². The van der Waals surface area contributed by atoms with Gasteiger partial charge in [0.15, 0.2) is 0 Å². The van der Waals surface area contributed by atoms with E-state index in [1.165, 1.54) is 11.9 Å². The third-order valence-electron chi connectivity index (χ3n) is 5.26. The molecule has 0 bridgehead atoms. The molecule has 1 N–H and O–H groups in total. The predicted molar refractivity (Wildman–Crippen MR) is 133 cm³/mol. The highest BCUT2D eigenvalue weighted by Crippen LogP contribution is 2.29. The molecular weight excluding hydrogens is 485 g/mol. The summed E-state index contributed by atoms with van der Waals surface area (Å²) in [6, 6.07) is 11.1. The van der Waals surface area contributed by atoms with Crippen molar-refractivity contribution in [3.63, 3.8) is 0 Å². The van der Waals surface area contributed by atoms with Gasteiger partial charge in [0.1, 0.15) is 12.6 Å². The number of rotatable bonds is 9. The Balaban J connectivity index is 2.46. The smallest absolute Gasteiger partial charge is 0.244 e. The maximum Gasteiger partial charge on any atom is 0.244 e. The van der Waals surface area contributed by atoms with Gasteiger partial charge in [0.2, 0.25) is 21.8 Å². The zero-order valence-corrected chi connectivity index (χ0v) is 21.6. The van der Waals surface area contributed by atoms with Crippen molar-refractivity contribution in [1.82, 2.24) is 10.2 Å². The third-order valence-corrected chi connectivity index (χ3v) is 7.12. The maximum atomic E-state index is 13.5. The molecule has 0 heterocycles. The van der Waals surface area contributed by atoms with Crippen molar-refractivity contribution in [3.05, 3.63) is 63.6 Å². The molecule has 2 amide bonds. The van der Waals surface area contributed by atoms with E-state index in [1.54, 1.807) is 37.3 Å². The van der Waals surface area contributed by atoms with Gasteiger partial charge >= 0.3 is 0 Å². The van der Waals surface area contributed by atoms with E-state index in [9.17, 15) is 18.0 Å². The Morgan fingerprint density at radius 3 is 2.21 bits per heavy atom. The lowest BCUT2D eigenvalue weighted by Gasteiger charge is -2.32. The largest absolute Gasteiger partial charge is 0.357 e. The normalized spacial score (nSPS) is 12.4. The Hall–Kier alpha value is -2.29. The first kappa shape index (κ1) is 27.0. The van der Waals surface area contributed by atoms with Crippen LogP contribution < -0.4 is 9.62 Å². The lowest BCUT2D eigenvalue weighted by Crippen LogP contribution is -2.50. The number of likely N-dealkylation sites (N-methyl/N-ethyl adjacent to an activating group) is 1. The Morgan fingerprint density at radius 1 is 1.03 bits per heavy atom. The molecule has 0 fully saturated rings. The molecule has 0 unspecified atom stereocenters. The van der Waals surface area contributed by atoms with Crippen LogP contribution in [0.15, 0.2) is 42.5 Å². The molecule has 0 aromatic heterocycles. The van der Waals surface area contributed by atoms with Gasteiger partial charge in [0, 0.05) is 13.6 Å². The molecule has 33 heavy (non-hydrogen) atoms. The number of carbonyl (C=O) groups excluding carboxylic acids is 2. The van der Waals surface area contributed by atoms with Gasteiger partial charge in [-0.2, -0.15) is 0 Å². The summed E-state index contributed by atoms with van der Waals surface area (Å²) in [5, 5.41) is 3.22. The van der Waals surface area contributed by atoms with Crippen LogP contribution in [-0.2, 0) is 26.2 Å². The van der Waals surface area contributed by atoms with Gasteiger partial charge in [0.25, 0.3) is 0 Å². The molecule has 2 rings (SSSR count). The monoisotopic (exact) mass is 513 g/mol. The summed E-state index contributed by atoms with van der Waals surface area (Å²) < 4.78 is 26.5. The number of nitrogens with one attached hydrogen (secondary N) is 1. The molecule has 0 saturated heterocycles. The number of anilines is 1. The molecule has 0 aliphatic heterocycles. The number of para-hydroxylation sites is 1. The van der Waals surface area contributed by atoms with Gasteiger partial charge in [-0.15, -0.1) is 0 Å². The van der Waals surface area contributed by atoms with E-state index in [1.807, 2.05) is 26.0 Å². The molecule has 0 saturated carbocycles. The summed E-state index contributed by atoms with van der Waals surface area (Å²) >= 11 is 12.1. The van der Waals surface area contributed by atoms with Crippen molar-refractivity contribution >= 4 is 50.7 Å². The van der Waals surface area contributed by atoms with E-state index >= 15 is 0 Å². The number of benzene rings is 2. The van der Waals surface area contributed by atoms with E-state index in [0.717, 1.165) is 16.1 Å². The van der Waals surface area contributed by atoms with Crippen molar-refractivity contribution in [3.8, 4) is 0 Å². The van der Waals surface area contributed by atoms with E-state index in [2.05, 4.69) is 5.32 Å². The maximum absolute atomic E-state index is 13.5. The molecule has 2 aromatic carbocycles. The Kier molecular flexibility index (Phi) is 9.17. The molecule has 0 spiro atoms. The highest BCUT2D eigenvalue weighted by atomic mass is 35.5. The summed E-state index contributed by atoms with van der Waals surface area (Å²) in [7, 11) is -2.32. The van der Waals surface area contributed by atoms with Crippen LogP contribution in [0.25, 0.3) is 0 Å². The lowest BCUT2D eigenvalue weighted by molar-refractivity contribution is -0.139. The number of hydrogen-bond acceptors (Lipinski definition) is 4. The highest BCUT2D eigenvalue weighted by molar-refractivity contribution is 7.92. The van der Waals surface area contributed by atoms with Crippen LogP contribution in [0, 0.1) is 0 Å². The summed E-state index contributed by atoms with van der Waals surface area (Å²) in [6.45, 7) is 5.08. The highest BCUT2D eigenvalue weighted by Gasteiger charge is 2.30. The SMILES string of the molecule is CNC(=O)[C@@H](C)N(Cc1ccc(Cl)c(Cl)c1)C(=O)CN(c1ccccc1C(C)C)S(C)(=O)=O. The third kappa shape index (κ3) is 6.85. The van der Waals surface area contributed by atoms with Gasteiger partial charge in [-0.1, -0.05) is 61.3 Å². The number of hydrogen-bond donors (Lipinski definition) is 1. The first-order chi connectivity index (χ1) is 15.4. The van der Waals surface area contributed by atoms with Crippen molar-refractivity contribution in [2.45, 2.75) is 39.3 Å². The first-order valence-electron chi connectivity index (χ1n) is 10.4. The molecule has 0 radical (unpaired) electrons. The van der Waals surface area contributed by atoms with Crippen LogP contribution >= 0.6 is 23.2 Å². The second-order valence-corrected chi connectivity index (χ2v) is 10.8. The van der Waals surface area contributed by atoms with Crippen LogP contribution in [0.4, 0.5) is 5.69 Å². The fraction of sp³-hybridized carbons (Fsp3) is 0.391. The van der Waals surface area contributed by atoms with Gasteiger partial charge < -0.3 is 10.2 Å². The second kappa shape index (κ2) is 11.2. The molecule has 0 aliphatic rings. The number of halogens is 2. The minimum absolute atomic E-state index is 0.0395.